The maximum atomic E-state index is 11.7. The minimum atomic E-state index is -3.46. The molecule has 1 aromatic rings. The summed E-state index contributed by atoms with van der Waals surface area (Å²) in [6, 6.07) is 4.44. The summed E-state index contributed by atoms with van der Waals surface area (Å²) in [6.45, 7) is 1.32. The molecule has 1 aromatic carbocycles. The number of hydrogen-bond donors (Lipinski definition) is 2. The predicted octanol–water partition coefficient (Wildman–Crippen LogP) is 0.443. The number of hydrogen-bond acceptors (Lipinski definition) is 5. The third-order valence-corrected chi connectivity index (χ3v) is 4.47. The number of carboxylic acid groups (broad SMARTS) is 1. The lowest BCUT2D eigenvalue weighted by Gasteiger charge is -2.11. The van der Waals surface area contributed by atoms with Gasteiger partial charge in [-0.05, 0) is 24.6 Å². The molecule has 0 saturated carbocycles. The van der Waals surface area contributed by atoms with Gasteiger partial charge in [-0.2, -0.15) is 0 Å². The molecule has 0 spiro atoms. The van der Waals surface area contributed by atoms with Crippen molar-refractivity contribution >= 4 is 21.7 Å². The summed E-state index contributed by atoms with van der Waals surface area (Å²) >= 11 is 0. The zero-order chi connectivity index (χ0) is 16.2. The Labute approximate surface area is 122 Å². The second kappa shape index (κ2) is 6.57. The molecule has 8 heteroatoms. The van der Waals surface area contributed by atoms with Gasteiger partial charge < -0.3 is 15.2 Å². The van der Waals surface area contributed by atoms with Crippen molar-refractivity contribution in [2.45, 2.75) is 18.7 Å². The van der Waals surface area contributed by atoms with Crippen LogP contribution < -0.4 is 10.1 Å². The smallest absolute Gasteiger partial charge is 0.339 e. The van der Waals surface area contributed by atoms with E-state index in [4.69, 9.17) is 9.84 Å². The van der Waals surface area contributed by atoms with Gasteiger partial charge in [-0.3, -0.25) is 4.79 Å². The zero-order valence-electron chi connectivity index (χ0n) is 11.9. The Kier molecular flexibility index (Phi) is 5.31. The summed E-state index contributed by atoms with van der Waals surface area (Å²) in [7, 11) is -2.11. The Morgan fingerprint density at radius 2 is 2.00 bits per heavy atom. The van der Waals surface area contributed by atoms with Crippen molar-refractivity contribution in [2.75, 3.05) is 13.4 Å². The molecule has 0 bridgehead atoms. The lowest BCUT2D eigenvalue weighted by Crippen LogP contribution is -2.37. The van der Waals surface area contributed by atoms with Crippen molar-refractivity contribution in [1.29, 1.82) is 0 Å². The zero-order valence-corrected chi connectivity index (χ0v) is 12.7. The Balaban J connectivity index is 2.84. The molecule has 0 radical (unpaired) electrons. The van der Waals surface area contributed by atoms with Gasteiger partial charge in [0.25, 0.3) is 0 Å². The van der Waals surface area contributed by atoms with E-state index in [1.165, 1.54) is 26.2 Å². The van der Waals surface area contributed by atoms with E-state index >= 15 is 0 Å². The molecule has 7 nitrogen and oxygen atoms in total. The summed E-state index contributed by atoms with van der Waals surface area (Å²) < 4.78 is 27.4. The molecule has 0 unspecified atom stereocenters. The van der Waals surface area contributed by atoms with Crippen LogP contribution in [-0.2, 0) is 21.2 Å². The van der Waals surface area contributed by atoms with Gasteiger partial charge >= 0.3 is 5.97 Å². The number of ether oxygens (including phenoxy) is 1. The number of benzene rings is 1. The van der Waals surface area contributed by atoms with Crippen LogP contribution >= 0.6 is 0 Å². The van der Waals surface area contributed by atoms with Crippen LogP contribution in [0, 0.1) is 0 Å². The molecule has 0 aromatic heterocycles. The van der Waals surface area contributed by atoms with Crippen LogP contribution in [0.5, 0.6) is 5.75 Å². The lowest BCUT2D eigenvalue weighted by atomic mass is 10.1. The van der Waals surface area contributed by atoms with E-state index < -0.39 is 27.0 Å². The van der Waals surface area contributed by atoms with Crippen LogP contribution in [0.3, 0.4) is 0 Å². The minimum Gasteiger partial charge on any atom is -0.496 e. The number of carbonyl (C=O) groups is 2. The van der Waals surface area contributed by atoms with Gasteiger partial charge in [-0.1, -0.05) is 6.07 Å². The van der Waals surface area contributed by atoms with E-state index in [2.05, 4.69) is 5.32 Å². The van der Waals surface area contributed by atoms with Crippen molar-refractivity contribution in [2.24, 2.45) is 0 Å². The van der Waals surface area contributed by atoms with Crippen molar-refractivity contribution < 1.29 is 27.9 Å². The molecular weight excluding hydrogens is 298 g/mol. The maximum absolute atomic E-state index is 11.7. The fraction of sp³-hybridized carbons (Fsp3) is 0.385. The van der Waals surface area contributed by atoms with E-state index in [9.17, 15) is 18.0 Å². The van der Waals surface area contributed by atoms with E-state index in [1.54, 1.807) is 6.07 Å². The van der Waals surface area contributed by atoms with Crippen molar-refractivity contribution in [3.63, 3.8) is 0 Å². The fourth-order valence-electron chi connectivity index (χ4n) is 1.56. The third kappa shape index (κ3) is 4.45. The van der Waals surface area contributed by atoms with E-state index in [-0.39, 0.29) is 17.9 Å². The van der Waals surface area contributed by atoms with Crippen LogP contribution in [0.1, 0.15) is 22.8 Å². The molecule has 1 atom stereocenters. The molecule has 0 saturated heterocycles. The summed E-state index contributed by atoms with van der Waals surface area (Å²) in [5.74, 6) is -1.57. The topological polar surface area (TPSA) is 110 Å². The Hall–Kier alpha value is -2.09. The molecule has 1 amide bonds. The van der Waals surface area contributed by atoms with Crippen LogP contribution in [0.4, 0.5) is 0 Å². The molecule has 0 aliphatic rings. The third-order valence-electron chi connectivity index (χ3n) is 2.97. The normalized spacial score (nSPS) is 12.5. The van der Waals surface area contributed by atoms with Gasteiger partial charge in [0.05, 0.1) is 7.11 Å². The lowest BCUT2D eigenvalue weighted by molar-refractivity contribution is -0.120. The van der Waals surface area contributed by atoms with Gasteiger partial charge in [-0.25, -0.2) is 13.2 Å². The number of amides is 1. The Bertz CT molecular complexity index is 653. The molecule has 0 heterocycles. The van der Waals surface area contributed by atoms with Crippen LogP contribution in [-0.4, -0.2) is 44.0 Å². The highest BCUT2D eigenvalue weighted by Gasteiger charge is 2.23. The quantitative estimate of drug-likeness (QED) is 0.788. The standard InChI is InChI=1S/C13H17NO6S/c1-8(21(3,18)19)12(15)14-7-9-4-5-11(20-2)10(6-9)13(16)17/h4-6,8H,7H2,1-3H3,(H,14,15)(H,16,17)/t8-/m1/s1. The average molecular weight is 315 g/mol. The van der Waals surface area contributed by atoms with Gasteiger partial charge in [0.15, 0.2) is 9.84 Å². The first-order valence-electron chi connectivity index (χ1n) is 6.03. The molecule has 21 heavy (non-hydrogen) atoms. The average Bonchev–Trinajstić information content (AvgIpc) is 2.42. The van der Waals surface area contributed by atoms with E-state index in [0.29, 0.717) is 5.56 Å². The summed E-state index contributed by atoms with van der Waals surface area (Å²) in [6.07, 6.45) is 0.979. The maximum Gasteiger partial charge on any atom is 0.339 e. The first-order valence-corrected chi connectivity index (χ1v) is 7.99. The first kappa shape index (κ1) is 17.0. The van der Waals surface area contributed by atoms with Crippen molar-refractivity contribution in [3.8, 4) is 5.75 Å². The number of rotatable bonds is 6. The summed E-state index contributed by atoms with van der Waals surface area (Å²) in [5, 5.41) is 10.3. The first-order chi connectivity index (χ1) is 9.66. The number of aromatic carboxylic acids is 1. The molecular formula is C13H17NO6S. The number of sulfone groups is 1. The second-order valence-corrected chi connectivity index (χ2v) is 6.90. The van der Waals surface area contributed by atoms with Gasteiger partial charge in [0, 0.05) is 12.8 Å². The van der Waals surface area contributed by atoms with Crippen LogP contribution in [0.2, 0.25) is 0 Å². The SMILES string of the molecule is COc1ccc(CNC(=O)[C@@H](C)S(C)(=O)=O)cc1C(=O)O. The minimum absolute atomic E-state index is 0.0274. The fourth-order valence-corrected chi connectivity index (χ4v) is 2.03. The number of nitrogens with one attached hydrogen (secondary N) is 1. The van der Waals surface area contributed by atoms with Crippen molar-refractivity contribution in [3.05, 3.63) is 29.3 Å². The highest BCUT2D eigenvalue weighted by atomic mass is 32.2. The molecule has 1 rings (SSSR count). The number of carboxylic acids is 1. The monoisotopic (exact) mass is 315 g/mol. The molecule has 0 fully saturated rings. The highest BCUT2D eigenvalue weighted by molar-refractivity contribution is 7.92. The summed E-state index contributed by atoms with van der Waals surface area (Å²) in [4.78, 5) is 22.7. The highest BCUT2D eigenvalue weighted by Crippen LogP contribution is 2.19. The van der Waals surface area contributed by atoms with Gasteiger partial charge in [0.1, 0.15) is 16.6 Å². The van der Waals surface area contributed by atoms with E-state index in [0.717, 1.165) is 6.26 Å². The summed E-state index contributed by atoms with van der Waals surface area (Å²) in [5.41, 5.74) is 0.502. The van der Waals surface area contributed by atoms with Crippen LogP contribution in [0.15, 0.2) is 18.2 Å². The Morgan fingerprint density at radius 3 is 2.48 bits per heavy atom. The molecule has 2 N–H and O–H groups in total. The molecule has 0 aliphatic heterocycles. The van der Waals surface area contributed by atoms with Crippen molar-refractivity contribution in [1.82, 2.24) is 5.32 Å². The Morgan fingerprint density at radius 1 is 1.38 bits per heavy atom. The van der Waals surface area contributed by atoms with Gasteiger partial charge in [-0.15, -0.1) is 0 Å². The predicted molar refractivity (Wildman–Crippen MR) is 76.1 cm³/mol. The van der Waals surface area contributed by atoms with Crippen LogP contribution in [0.25, 0.3) is 0 Å². The second-order valence-electron chi connectivity index (χ2n) is 4.53. The molecule has 116 valence electrons. The number of carbonyl (C=O) groups excluding carboxylic acids is 1. The van der Waals surface area contributed by atoms with Gasteiger partial charge in [0.2, 0.25) is 5.91 Å². The largest absolute Gasteiger partial charge is 0.496 e. The molecule has 0 aliphatic carbocycles. The number of methoxy groups -OCH3 is 1. The van der Waals surface area contributed by atoms with E-state index in [1.807, 2.05) is 0 Å².